The Labute approximate surface area is 108 Å². The molecular weight excluding hydrogens is 257 g/mol. The summed E-state index contributed by atoms with van der Waals surface area (Å²) in [6, 6.07) is 1.57. The highest BCUT2D eigenvalue weighted by atomic mass is 35.5. The lowest BCUT2D eigenvalue weighted by Crippen LogP contribution is -2.31. The van der Waals surface area contributed by atoms with Crippen LogP contribution in [0.5, 0.6) is 0 Å². The molecule has 0 aliphatic heterocycles. The Morgan fingerprint density at radius 3 is 3.06 bits per heavy atom. The van der Waals surface area contributed by atoms with E-state index in [4.69, 9.17) is 11.6 Å². The Kier molecular flexibility index (Phi) is 2.95. The van der Waals surface area contributed by atoms with E-state index in [1.807, 2.05) is 12.3 Å². The molecule has 96 valence electrons. The second-order valence-corrected chi connectivity index (χ2v) is 5.03. The first-order chi connectivity index (χ1) is 8.65. The van der Waals surface area contributed by atoms with Gasteiger partial charge in [-0.15, -0.1) is 0 Å². The van der Waals surface area contributed by atoms with Gasteiger partial charge in [0.1, 0.15) is 11.8 Å². The van der Waals surface area contributed by atoms with E-state index in [2.05, 4.69) is 9.97 Å². The fourth-order valence-corrected chi connectivity index (χ4v) is 2.71. The van der Waals surface area contributed by atoms with Gasteiger partial charge in [-0.05, 0) is 30.5 Å². The molecule has 0 amide bonds. The third-order valence-electron chi connectivity index (χ3n) is 3.49. The molecule has 0 aromatic carbocycles. The summed E-state index contributed by atoms with van der Waals surface area (Å²) in [5.41, 5.74) is 0.652. The first-order valence-electron chi connectivity index (χ1n) is 5.96. The van der Waals surface area contributed by atoms with Gasteiger partial charge in [0, 0.05) is 24.2 Å². The van der Waals surface area contributed by atoms with Gasteiger partial charge in [-0.25, -0.2) is 9.37 Å². The van der Waals surface area contributed by atoms with Crippen LogP contribution in [0.3, 0.4) is 0 Å². The van der Waals surface area contributed by atoms with Crippen LogP contribution in [0.15, 0.2) is 18.5 Å². The molecule has 18 heavy (non-hydrogen) atoms. The van der Waals surface area contributed by atoms with Crippen molar-refractivity contribution in [3.05, 3.63) is 23.7 Å². The Hall–Kier alpha value is -1.20. The van der Waals surface area contributed by atoms with E-state index in [0.29, 0.717) is 18.5 Å². The third-order valence-corrected chi connectivity index (χ3v) is 3.68. The van der Waals surface area contributed by atoms with Crippen LogP contribution in [0.2, 0.25) is 5.28 Å². The van der Waals surface area contributed by atoms with E-state index in [1.165, 1.54) is 0 Å². The fraction of sp³-hybridized carbons (Fsp3) is 0.500. The minimum absolute atomic E-state index is 0.161. The molecule has 0 bridgehead atoms. The largest absolute Gasteiger partial charge is 0.393 e. The maximum Gasteiger partial charge on any atom is 0.224 e. The highest BCUT2D eigenvalue weighted by Crippen LogP contribution is 2.33. The molecule has 1 aliphatic rings. The van der Waals surface area contributed by atoms with Gasteiger partial charge in [-0.3, -0.25) is 0 Å². The lowest BCUT2D eigenvalue weighted by Gasteiger charge is -2.30. The quantitative estimate of drug-likeness (QED) is 0.810. The van der Waals surface area contributed by atoms with Gasteiger partial charge < -0.3 is 9.67 Å². The van der Waals surface area contributed by atoms with Crippen LogP contribution < -0.4 is 0 Å². The lowest BCUT2D eigenvalue weighted by atomic mass is 9.91. The van der Waals surface area contributed by atoms with Gasteiger partial charge in [-0.2, -0.15) is 4.98 Å². The zero-order valence-electron chi connectivity index (χ0n) is 9.63. The highest BCUT2D eigenvalue weighted by molar-refractivity contribution is 6.28. The molecule has 0 saturated heterocycles. The van der Waals surface area contributed by atoms with Gasteiger partial charge in [0.25, 0.3) is 0 Å². The summed E-state index contributed by atoms with van der Waals surface area (Å²) in [5.74, 6) is 0. The third kappa shape index (κ3) is 1.97. The van der Waals surface area contributed by atoms with E-state index >= 15 is 0 Å². The molecule has 0 radical (unpaired) electrons. The van der Waals surface area contributed by atoms with E-state index in [0.717, 1.165) is 5.39 Å². The summed E-state index contributed by atoms with van der Waals surface area (Å²) < 4.78 is 15.8. The number of aliphatic hydroxyl groups is 1. The van der Waals surface area contributed by atoms with Crippen LogP contribution in [0.25, 0.3) is 11.0 Å². The number of alkyl halides is 1. The SMILES string of the molecule is OC1CCC(n2ccc3cnc(Cl)nc32)C(F)C1. The van der Waals surface area contributed by atoms with Crippen molar-refractivity contribution >= 4 is 22.6 Å². The van der Waals surface area contributed by atoms with Crippen molar-refractivity contribution in [3.8, 4) is 0 Å². The average Bonchev–Trinajstić information content (AvgIpc) is 2.72. The summed E-state index contributed by atoms with van der Waals surface area (Å²) in [4.78, 5) is 8.06. The number of rotatable bonds is 1. The average molecular weight is 270 g/mol. The first kappa shape index (κ1) is 11.9. The molecular formula is C12H13ClFN3O. The number of halogens is 2. The van der Waals surface area contributed by atoms with Crippen molar-refractivity contribution in [2.24, 2.45) is 0 Å². The molecule has 1 aliphatic carbocycles. The van der Waals surface area contributed by atoms with E-state index < -0.39 is 12.3 Å². The molecule has 2 aromatic heterocycles. The number of hydrogen-bond acceptors (Lipinski definition) is 3. The molecule has 1 saturated carbocycles. The molecule has 3 atom stereocenters. The first-order valence-corrected chi connectivity index (χ1v) is 6.34. The molecule has 0 spiro atoms. The van der Waals surface area contributed by atoms with E-state index in [9.17, 15) is 9.50 Å². The van der Waals surface area contributed by atoms with Crippen molar-refractivity contribution in [2.45, 2.75) is 37.6 Å². The smallest absolute Gasteiger partial charge is 0.224 e. The number of hydrogen-bond donors (Lipinski definition) is 1. The minimum atomic E-state index is -1.06. The van der Waals surface area contributed by atoms with Gasteiger partial charge in [-0.1, -0.05) is 0 Å². The van der Waals surface area contributed by atoms with Gasteiger partial charge in [0.15, 0.2) is 0 Å². The predicted molar refractivity (Wildman–Crippen MR) is 66.3 cm³/mol. The molecule has 2 heterocycles. The van der Waals surface area contributed by atoms with Crippen molar-refractivity contribution in [2.75, 3.05) is 0 Å². The van der Waals surface area contributed by atoms with Gasteiger partial charge in [0.05, 0.1) is 12.1 Å². The maximum absolute atomic E-state index is 14.0. The number of aromatic nitrogens is 3. The van der Waals surface area contributed by atoms with E-state index in [-0.39, 0.29) is 17.7 Å². The Morgan fingerprint density at radius 1 is 1.44 bits per heavy atom. The number of nitrogens with zero attached hydrogens (tertiary/aromatic N) is 3. The second-order valence-electron chi connectivity index (χ2n) is 4.69. The molecule has 1 fully saturated rings. The summed E-state index contributed by atoms with van der Waals surface area (Å²) in [6.45, 7) is 0. The zero-order valence-corrected chi connectivity index (χ0v) is 10.4. The maximum atomic E-state index is 14.0. The summed E-state index contributed by atoms with van der Waals surface area (Å²) in [7, 11) is 0. The molecule has 4 nitrogen and oxygen atoms in total. The Balaban J connectivity index is 2.01. The summed E-state index contributed by atoms with van der Waals surface area (Å²) in [5, 5.41) is 10.5. The molecule has 6 heteroatoms. The normalized spacial score (nSPS) is 28.7. The number of aliphatic hydroxyl groups excluding tert-OH is 1. The zero-order chi connectivity index (χ0) is 12.7. The topological polar surface area (TPSA) is 50.9 Å². The second kappa shape index (κ2) is 4.48. The van der Waals surface area contributed by atoms with Crippen LogP contribution in [0, 0.1) is 0 Å². The van der Waals surface area contributed by atoms with Crippen molar-refractivity contribution in [1.29, 1.82) is 0 Å². The standard InChI is InChI=1S/C12H13ClFN3O/c13-12-15-6-7-3-4-17(11(7)16-12)10-2-1-8(18)5-9(10)14/h3-4,6,8-10,18H,1-2,5H2. The minimum Gasteiger partial charge on any atom is -0.393 e. The van der Waals surface area contributed by atoms with Crippen molar-refractivity contribution in [1.82, 2.24) is 14.5 Å². The highest BCUT2D eigenvalue weighted by Gasteiger charge is 2.31. The monoisotopic (exact) mass is 269 g/mol. The molecule has 1 N–H and O–H groups in total. The van der Waals surface area contributed by atoms with Crippen LogP contribution in [-0.2, 0) is 0 Å². The molecule has 3 rings (SSSR count). The van der Waals surface area contributed by atoms with Gasteiger partial charge in [0.2, 0.25) is 5.28 Å². The van der Waals surface area contributed by atoms with Crippen LogP contribution >= 0.6 is 11.6 Å². The van der Waals surface area contributed by atoms with Crippen LogP contribution in [-0.4, -0.2) is 31.9 Å². The Bertz CT molecular complexity index is 573. The predicted octanol–water partition coefficient (Wildman–Crippen LogP) is 2.51. The summed E-state index contributed by atoms with van der Waals surface area (Å²) >= 11 is 5.78. The van der Waals surface area contributed by atoms with E-state index in [1.54, 1.807) is 10.8 Å². The Morgan fingerprint density at radius 2 is 2.28 bits per heavy atom. The molecule has 3 unspecified atom stereocenters. The van der Waals surface area contributed by atoms with Crippen LogP contribution in [0.4, 0.5) is 4.39 Å². The van der Waals surface area contributed by atoms with Crippen molar-refractivity contribution < 1.29 is 9.50 Å². The van der Waals surface area contributed by atoms with Crippen molar-refractivity contribution in [3.63, 3.8) is 0 Å². The number of fused-ring (bicyclic) bond motifs is 1. The fourth-order valence-electron chi connectivity index (χ4n) is 2.58. The lowest BCUT2D eigenvalue weighted by molar-refractivity contribution is 0.0534. The van der Waals surface area contributed by atoms with Crippen LogP contribution in [0.1, 0.15) is 25.3 Å². The van der Waals surface area contributed by atoms with Gasteiger partial charge >= 0.3 is 0 Å². The molecule has 2 aromatic rings. The summed E-state index contributed by atoms with van der Waals surface area (Å²) in [6.07, 6.45) is 3.26.